The third-order valence-electron chi connectivity index (χ3n) is 2.31. The van der Waals surface area contributed by atoms with Gasteiger partial charge in [0, 0.05) is 19.8 Å². The van der Waals surface area contributed by atoms with E-state index in [1.165, 1.54) is 0 Å². The highest BCUT2D eigenvalue weighted by Gasteiger charge is 2.37. The second-order valence-corrected chi connectivity index (χ2v) is 3.64. The van der Waals surface area contributed by atoms with E-state index < -0.39 is 29.8 Å². The van der Waals surface area contributed by atoms with E-state index in [-0.39, 0.29) is 11.6 Å². The maximum Gasteiger partial charge on any atom is 0.416 e. The average Bonchev–Trinajstić information content (AvgIpc) is 2.28. The Morgan fingerprint density at radius 3 is 1.42 bits per heavy atom. The van der Waals surface area contributed by atoms with E-state index >= 15 is 0 Å². The van der Waals surface area contributed by atoms with E-state index in [4.69, 9.17) is 0 Å². The molecule has 0 aliphatic rings. The summed E-state index contributed by atoms with van der Waals surface area (Å²) in [4.78, 5) is 0. The number of ether oxygens (including phenoxy) is 2. The van der Waals surface area contributed by atoms with Crippen molar-refractivity contribution >= 4 is 0 Å². The summed E-state index contributed by atoms with van der Waals surface area (Å²) < 4.78 is 84.7. The summed E-state index contributed by atoms with van der Waals surface area (Å²) in [6.07, 6.45) is -11.1. The highest BCUT2D eigenvalue weighted by atomic mass is 19.4. The lowest BCUT2D eigenvalue weighted by Gasteiger charge is -2.18. The second kappa shape index (κ2) is 5.38. The van der Waals surface area contributed by atoms with Crippen LogP contribution in [0.1, 0.15) is 23.0 Å². The smallest absolute Gasteiger partial charge is 0.352 e. The lowest BCUT2D eigenvalue weighted by molar-refractivity contribution is -0.144. The van der Waals surface area contributed by atoms with Gasteiger partial charge in [0.25, 0.3) is 0 Å². The quantitative estimate of drug-likeness (QED) is 0.618. The van der Waals surface area contributed by atoms with Crippen molar-refractivity contribution in [2.75, 3.05) is 14.2 Å². The fourth-order valence-corrected chi connectivity index (χ4v) is 1.48. The molecule has 0 N–H and O–H groups in total. The summed E-state index contributed by atoms with van der Waals surface area (Å²) in [5.41, 5.74) is -3.17. The molecule has 1 aromatic rings. The van der Waals surface area contributed by atoms with Crippen LogP contribution in [0, 0.1) is 0 Å². The molecule has 0 unspecified atom stereocenters. The minimum atomic E-state index is -4.89. The van der Waals surface area contributed by atoms with Gasteiger partial charge >= 0.3 is 12.4 Å². The van der Waals surface area contributed by atoms with Crippen molar-refractivity contribution in [2.45, 2.75) is 18.6 Å². The van der Waals surface area contributed by atoms with Gasteiger partial charge < -0.3 is 9.47 Å². The molecule has 0 amide bonds. The summed E-state index contributed by atoms with van der Waals surface area (Å²) >= 11 is 0. The predicted molar refractivity (Wildman–Crippen MR) is 53.2 cm³/mol. The van der Waals surface area contributed by atoms with Crippen molar-refractivity contribution in [1.82, 2.24) is 0 Å². The number of rotatable bonds is 3. The van der Waals surface area contributed by atoms with Gasteiger partial charge in [-0.15, -0.1) is 0 Å². The van der Waals surface area contributed by atoms with Gasteiger partial charge in [-0.1, -0.05) is 0 Å². The van der Waals surface area contributed by atoms with Crippen molar-refractivity contribution in [1.29, 1.82) is 0 Å². The highest BCUT2D eigenvalue weighted by molar-refractivity contribution is 5.34. The first-order chi connectivity index (χ1) is 8.59. The van der Waals surface area contributed by atoms with Crippen LogP contribution in [0.5, 0.6) is 0 Å². The van der Waals surface area contributed by atoms with Crippen LogP contribution in [-0.4, -0.2) is 14.2 Å². The predicted octanol–water partition coefficient (Wildman–Crippen LogP) is 4.02. The van der Waals surface area contributed by atoms with Gasteiger partial charge in [0.05, 0.1) is 11.1 Å². The van der Waals surface area contributed by atoms with Gasteiger partial charge in [0.15, 0.2) is 6.29 Å². The number of halogens is 6. The Kier molecular flexibility index (Phi) is 4.46. The molecular weight excluding hydrogens is 278 g/mol. The first-order valence-electron chi connectivity index (χ1n) is 4.94. The van der Waals surface area contributed by atoms with E-state index in [0.29, 0.717) is 12.1 Å². The molecule has 0 spiro atoms. The maximum absolute atomic E-state index is 12.6. The van der Waals surface area contributed by atoms with Crippen molar-refractivity contribution < 1.29 is 35.8 Å². The molecular formula is C11H10F6O2. The van der Waals surface area contributed by atoms with Crippen molar-refractivity contribution in [3.8, 4) is 0 Å². The summed E-state index contributed by atoms with van der Waals surface area (Å²) in [6.45, 7) is 0. The molecule has 0 radical (unpaired) electrons. The lowest BCUT2D eigenvalue weighted by atomic mass is 10.0. The van der Waals surface area contributed by atoms with Crippen LogP contribution in [0.15, 0.2) is 18.2 Å². The minimum absolute atomic E-state index is 0.0475. The number of hydrogen-bond acceptors (Lipinski definition) is 2. The normalized spacial score (nSPS) is 13.1. The maximum atomic E-state index is 12.6. The summed E-state index contributed by atoms with van der Waals surface area (Å²) in [6, 6.07) is 1.17. The molecule has 0 aromatic heterocycles. The van der Waals surface area contributed by atoms with Gasteiger partial charge in [0.2, 0.25) is 0 Å². The zero-order chi connectivity index (χ0) is 14.8. The number of alkyl halides is 6. The molecule has 2 nitrogen and oxygen atoms in total. The van der Waals surface area contributed by atoms with Gasteiger partial charge in [-0.3, -0.25) is 0 Å². The number of methoxy groups -OCH3 is 2. The third kappa shape index (κ3) is 3.84. The zero-order valence-corrected chi connectivity index (χ0v) is 9.89. The Morgan fingerprint density at radius 2 is 1.16 bits per heavy atom. The van der Waals surface area contributed by atoms with Gasteiger partial charge in [-0.25, -0.2) is 0 Å². The van der Waals surface area contributed by atoms with Gasteiger partial charge in [-0.2, -0.15) is 26.3 Å². The molecule has 1 rings (SSSR count). The van der Waals surface area contributed by atoms with E-state index in [1.807, 2.05) is 0 Å². The molecule has 0 saturated carbocycles. The zero-order valence-electron chi connectivity index (χ0n) is 9.89. The largest absolute Gasteiger partial charge is 0.416 e. The highest BCUT2D eigenvalue weighted by Crippen LogP contribution is 2.37. The monoisotopic (exact) mass is 288 g/mol. The summed E-state index contributed by atoms with van der Waals surface area (Å²) in [5, 5.41) is 0. The number of hydrogen-bond donors (Lipinski definition) is 0. The van der Waals surface area contributed by atoms with Gasteiger partial charge in [-0.05, 0) is 18.2 Å². The number of benzene rings is 1. The molecule has 0 aliphatic heterocycles. The molecule has 0 fully saturated rings. The van der Waals surface area contributed by atoms with E-state index in [9.17, 15) is 26.3 Å². The van der Waals surface area contributed by atoms with E-state index in [2.05, 4.69) is 9.47 Å². The van der Waals surface area contributed by atoms with Crippen LogP contribution >= 0.6 is 0 Å². The van der Waals surface area contributed by atoms with Crippen LogP contribution in [0.3, 0.4) is 0 Å². The Bertz CT molecular complexity index is 402. The van der Waals surface area contributed by atoms with Crippen LogP contribution in [0.2, 0.25) is 0 Å². The molecule has 0 bridgehead atoms. The Morgan fingerprint density at radius 1 is 0.789 bits per heavy atom. The van der Waals surface area contributed by atoms with Crippen LogP contribution in [0.4, 0.5) is 26.3 Å². The molecule has 19 heavy (non-hydrogen) atoms. The Balaban J connectivity index is 3.41. The van der Waals surface area contributed by atoms with Gasteiger partial charge in [0.1, 0.15) is 0 Å². The van der Waals surface area contributed by atoms with Crippen LogP contribution in [0.25, 0.3) is 0 Å². The minimum Gasteiger partial charge on any atom is -0.352 e. The first-order valence-corrected chi connectivity index (χ1v) is 4.94. The van der Waals surface area contributed by atoms with Crippen LogP contribution < -0.4 is 0 Å². The fourth-order valence-electron chi connectivity index (χ4n) is 1.48. The second-order valence-electron chi connectivity index (χ2n) is 3.64. The molecule has 8 heteroatoms. The molecule has 0 heterocycles. The van der Waals surface area contributed by atoms with Crippen molar-refractivity contribution in [3.05, 3.63) is 34.9 Å². The fraction of sp³-hybridized carbons (Fsp3) is 0.455. The molecule has 0 atom stereocenters. The first kappa shape index (κ1) is 15.8. The molecule has 0 saturated heterocycles. The molecule has 108 valence electrons. The van der Waals surface area contributed by atoms with E-state index in [0.717, 1.165) is 14.2 Å². The van der Waals surface area contributed by atoms with Crippen molar-refractivity contribution in [2.24, 2.45) is 0 Å². The lowest BCUT2D eigenvalue weighted by Crippen LogP contribution is -2.14. The SMILES string of the molecule is COC(OC)c1cc(C(F)(F)F)cc(C(F)(F)F)c1. The topological polar surface area (TPSA) is 18.5 Å². The third-order valence-corrected chi connectivity index (χ3v) is 2.31. The Labute approximate surface area is 104 Å². The van der Waals surface area contributed by atoms with Crippen molar-refractivity contribution in [3.63, 3.8) is 0 Å². The van der Waals surface area contributed by atoms with E-state index in [1.54, 1.807) is 0 Å². The standard InChI is InChI=1S/C11H10F6O2/c1-18-9(19-2)6-3-7(10(12,13)14)5-8(4-6)11(15,16)17/h3-5,9H,1-2H3. The summed E-state index contributed by atoms with van der Waals surface area (Å²) in [5.74, 6) is 0. The average molecular weight is 288 g/mol. The molecule has 0 aliphatic carbocycles. The Hall–Kier alpha value is -1.28. The van der Waals surface area contributed by atoms with Crippen LogP contribution in [-0.2, 0) is 21.8 Å². The summed E-state index contributed by atoms with van der Waals surface area (Å²) in [7, 11) is 2.23. The molecule has 1 aromatic carbocycles.